The number of carbonyl (C=O) groups excluding carboxylic acids is 1. The molecule has 0 atom stereocenters. The monoisotopic (exact) mass is 397 g/mol. The third kappa shape index (κ3) is 6.19. The number of hydrogen-bond donors (Lipinski definition) is 0. The zero-order chi connectivity index (χ0) is 20.4. The Morgan fingerprint density at radius 1 is 1.14 bits per heavy atom. The molecule has 0 spiro atoms. The number of oxime groups is 1. The van der Waals surface area contributed by atoms with Crippen LogP contribution in [-0.4, -0.2) is 25.9 Å². The lowest BCUT2D eigenvalue weighted by Gasteiger charge is -2.10. The summed E-state index contributed by atoms with van der Waals surface area (Å²) >= 11 is 5.85. The first kappa shape index (κ1) is 21.1. The van der Waals surface area contributed by atoms with Crippen molar-refractivity contribution < 1.29 is 19.1 Å². The third-order valence-corrected chi connectivity index (χ3v) is 3.85. The molecule has 0 aromatic heterocycles. The molecule has 0 heterocycles. The second-order valence-corrected chi connectivity index (χ2v) is 6.06. The van der Waals surface area contributed by atoms with Gasteiger partial charge in [0.2, 0.25) is 0 Å². The number of hydrogen-bond acceptors (Lipinski definition) is 5. The number of nitrogens with zero attached hydrogens (tertiary/aromatic N) is 1. The molecule has 0 aliphatic rings. The number of esters is 1. The van der Waals surface area contributed by atoms with Crippen molar-refractivity contribution in [1.29, 1.82) is 0 Å². The standard InChI is InChI=1S/C22H20ClNO4/c1-16(8-9-17-10-12-19(23)13-11-17)24-28-14-18-6-4-5-7-20(18)21(15-26-2)22(25)27-3/h4-7,10-13,15H,14H2,1-3H3/b21-15-,24-16+. The van der Waals surface area contributed by atoms with E-state index in [0.717, 1.165) is 11.1 Å². The third-order valence-electron chi connectivity index (χ3n) is 3.60. The van der Waals surface area contributed by atoms with E-state index in [0.29, 0.717) is 21.9 Å². The minimum absolute atomic E-state index is 0.161. The van der Waals surface area contributed by atoms with Crippen molar-refractivity contribution in [3.8, 4) is 11.8 Å². The summed E-state index contributed by atoms with van der Waals surface area (Å²) in [5.74, 6) is 5.40. The molecule has 0 amide bonds. The summed E-state index contributed by atoms with van der Waals surface area (Å²) in [7, 11) is 2.78. The predicted octanol–water partition coefficient (Wildman–Crippen LogP) is 4.44. The second-order valence-electron chi connectivity index (χ2n) is 5.62. The fourth-order valence-corrected chi connectivity index (χ4v) is 2.40. The number of rotatable bonds is 6. The number of methoxy groups -OCH3 is 2. The Balaban J connectivity index is 2.11. The average Bonchev–Trinajstić information content (AvgIpc) is 2.71. The van der Waals surface area contributed by atoms with Crippen LogP contribution in [0.25, 0.3) is 5.57 Å². The molecule has 0 saturated carbocycles. The van der Waals surface area contributed by atoms with Crippen LogP contribution in [0.5, 0.6) is 0 Å². The second kappa shape index (κ2) is 10.8. The lowest BCUT2D eigenvalue weighted by atomic mass is 10.0. The van der Waals surface area contributed by atoms with Gasteiger partial charge < -0.3 is 14.3 Å². The molecule has 144 valence electrons. The van der Waals surface area contributed by atoms with Gasteiger partial charge in [0, 0.05) is 16.1 Å². The summed E-state index contributed by atoms with van der Waals surface area (Å²) in [6.45, 7) is 1.91. The van der Waals surface area contributed by atoms with Gasteiger partial charge in [0.05, 0.1) is 20.5 Å². The van der Waals surface area contributed by atoms with Crippen LogP contribution >= 0.6 is 11.6 Å². The summed E-state index contributed by atoms with van der Waals surface area (Å²) in [6.07, 6.45) is 1.34. The molecule has 0 bridgehead atoms. The Kier molecular flexibility index (Phi) is 8.13. The highest BCUT2D eigenvalue weighted by Crippen LogP contribution is 2.21. The molecule has 2 aromatic carbocycles. The zero-order valence-electron chi connectivity index (χ0n) is 15.9. The quantitative estimate of drug-likeness (QED) is 0.180. The molecular formula is C22H20ClNO4. The van der Waals surface area contributed by atoms with Crippen molar-refractivity contribution in [2.24, 2.45) is 5.16 Å². The maximum Gasteiger partial charge on any atom is 0.341 e. The molecule has 0 radical (unpaired) electrons. The maximum absolute atomic E-state index is 12.0. The van der Waals surface area contributed by atoms with Crippen molar-refractivity contribution in [1.82, 2.24) is 0 Å². The van der Waals surface area contributed by atoms with Crippen LogP contribution in [0.2, 0.25) is 5.02 Å². The fraction of sp³-hybridized carbons (Fsp3) is 0.182. The highest BCUT2D eigenvalue weighted by molar-refractivity contribution is 6.30. The number of halogens is 1. The smallest absolute Gasteiger partial charge is 0.341 e. The molecule has 2 rings (SSSR count). The lowest BCUT2D eigenvalue weighted by Crippen LogP contribution is -2.07. The molecule has 0 fully saturated rings. The van der Waals surface area contributed by atoms with E-state index in [1.807, 2.05) is 30.3 Å². The van der Waals surface area contributed by atoms with Crippen molar-refractivity contribution in [2.75, 3.05) is 14.2 Å². The first-order chi connectivity index (χ1) is 13.5. The molecule has 0 aliphatic carbocycles. The van der Waals surface area contributed by atoms with E-state index in [9.17, 15) is 4.79 Å². The van der Waals surface area contributed by atoms with E-state index in [2.05, 4.69) is 17.0 Å². The van der Waals surface area contributed by atoms with E-state index in [1.54, 1.807) is 25.1 Å². The molecular weight excluding hydrogens is 378 g/mol. The summed E-state index contributed by atoms with van der Waals surface area (Å²) in [6, 6.07) is 14.5. The largest absolute Gasteiger partial charge is 0.503 e. The number of carbonyl (C=O) groups is 1. The summed E-state index contributed by atoms with van der Waals surface area (Å²) in [5, 5.41) is 4.67. The van der Waals surface area contributed by atoms with Crippen LogP contribution in [0.4, 0.5) is 0 Å². The van der Waals surface area contributed by atoms with E-state index in [-0.39, 0.29) is 6.61 Å². The van der Waals surface area contributed by atoms with Gasteiger partial charge in [0.1, 0.15) is 17.9 Å². The van der Waals surface area contributed by atoms with Gasteiger partial charge in [-0.15, -0.1) is 0 Å². The molecule has 0 unspecified atom stereocenters. The van der Waals surface area contributed by atoms with Gasteiger partial charge in [-0.2, -0.15) is 0 Å². The van der Waals surface area contributed by atoms with Gasteiger partial charge in [-0.1, -0.05) is 46.9 Å². The van der Waals surface area contributed by atoms with Gasteiger partial charge in [-0.05, 0) is 42.7 Å². The maximum atomic E-state index is 12.0. The molecule has 0 N–H and O–H groups in total. The van der Waals surface area contributed by atoms with Crippen LogP contribution in [-0.2, 0) is 25.7 Å². The number of ether oxygens (including phenoxy) is 2. The van der Waals surface area contributed by atoms with Crippen LogP contribution in [0.15, 0.2) is 59.9 Å². The Morgan fingerprint density at radius 3 is 2.54 bits per heavy atom. The first-order valence-electron chi connectivity index (χ1n) is 8.39. The predicted molar refractivity (Wildman–Crippen MR) is 110 cm³/mol. The Hall–Kier alpha value is -3.23. The molecule has 0 saturated heterocycles. The number of benzene rings is 2. The molecule has 5 nitrogen and oxygen atoms in total. The van der Waals surface area contributed by atoms with E-state index >= 15 is 0 Å². The van der Waals surface area contributed by atoms with Gasteiger partial charge in [0.25, 0.3) is 0 Å². The van der Waals surface area contributed by atoms with Crippen LogP contribution in [0, 0.1) is 11.8 Å². The van der Waals surface area contributed by atoms with Gasteiger partial charge >= 0.3 is 5.97 Å². The molecule has 2 aromatic rings. The van der Waals surface area contributed by atoms with Crippen molar-refractivity contribution in [3.63, 3.8) is 0 Å². The Morgan fingerprint density at radius 2 is 1.86 bits per heavy atom. The van der Waals surface area contributed by atoms with Gasteiger partial charge in [-0.25, -0.2) is 4.79 Å². The zero-order valence-corrected chi connectivity index (χ0v) is 16.6. The normalized spacial score (nSPS) is 11.3. The average molecular weight is 398 g/mol. The van der Waals surface area contributed by atoms with Crippen molar-refractivity contribution >= 4 is 28.9 Å². The molecule has 28 heavy (non-hydrogen) atoms. The molecule has 6 heteroatoms. The minimum atomic E-state index is -0.497. The van der Waals surface area contributed by atoms with E-state index in [1.165, 1.54) is 20.5 Å². The van der Waals surface area contributed by atoms with Crippen LogP contribution < -0.4 is 0 Å². The lowest BCUT2D eigenvalue weighted by molar-refractivity contribution is -0.133. The van der Waals surface area contributed by atoms with Gasteiger partial charge in [-0.3, -0.25) is 0 Å². The van der Waals surface area contributed by atoms with E-state index < -0.39 is 5.97 Å². The first-order valence-corrected chi connectivity index (χ1v) is 8.76. The molecule has 0 aliphatic heterocycles. The van der Waals surface area contributed by atoms with Crippen LogP contribution in [0.1, 0.15) is 23.6 Å². The van der Waals surface area contributed by atoms with Gasteiger partial charge in [0.15, 0.2) is 0 Å². The minimum Gasteiger partial charge on any atom is -0.503 e. The Labute approximate surface area is 169 Å². The highest BCUT2D eigenvalue weighted by atomic mass is 35.5. The van der Waals surface area contributed by atoms with Crippen molar-refractivity contribution in [3.05, 3.63) is 76.5 Å². The van der Waals surface area contributed by atoms with Crippen LogP contribution in [0.3, 0.4) is 0 Å². The summed E-state index contributed by atoms with van der Waals surface area (Å²) in [4.78, 5) is 17.4. The topological polar surface area (TPSA) is 57.1 Å². The summed E-state index contributed by atoms with van der Waals surface area (Å²) < 4.78 is 9.82. The Bertz CT molecular complexity index is 937. The van der Waals surface area contributed by atoms with E-state index in [4.69, 9.17) is 25.9 Å². The van der Waals surface area contributed by atoms with Crippen molar-refractivity contribution in [2.45, 2.75) is 13.5 Å². The SMILES string of the molecule is CO/C=C(\C(=O)OC)c1ccccc1CO/N=C(\C)C#Cc1ccc(Cl)cc1. The highest BCUT2D eigenvalue weighted by Gasteiger charge is 2.16. The fourth-order valence-electron chi connectivity index (χ4n) is 2.28. The summed E-state index contributed by atoms with van der Waals surface area (Å²) in [5.41, 5.74) is 3.06.